The third-order valence-electron chi connectivity index (χ3n) is 10.1. The van der Waals surface area contributed by atoms with Gasteiger partial charge in [0.15, 0.2) is 18.1 Å². The van der Waals surface area contributed by atoms with Crippen molar-refractivity contribution in [1.29, 1.82) is 0 Å². The van der Waals surface area contributed by atoms with Crippen molar-refractivity contribution in [1.82, 2.24) is 0 Å². The van der Waals surface area contributed by atoms with E-state index in [-0.39, 0.29) is 24.7 Å². The van der Waals surface area contributed by atoms with Crippen molar-refractivity contribution in [2.45, 2.75) is 129 Å². The van der Waals surface area contributed by atoms with Gasteiger partial charge < -0.3 is 9.47 Å². The second-order valence-corrected chi connectivity index (χ2v) is 13.7. The van der Waals surface area contributed by atoms with Crippen LogP contribution in [0.25, 0.3) is 0 Å². The Morgan fingerprint density at radius 1 is 0.778 bits per heavy atom. The SMILES string of the molecule is C/C=C/C1CCC(CC(F)(F)COc2ccc(OC(F)(F)C3CCC(C#CC4CCC(CCCC)CC4)CC3)c(F)c2F)CC1. The van der Waals surface area contributed by atoms with Crippen LogP contribution in [0.4, 0.5) is 26.3 Å². The van der Waals surface area contributed by atoms with Crippen molar-refractivity contribution in [2.75, 3.05) is 6.61 Å². The zero-order valence-electron chi connectivity index (χ0n) is 26.9. The van der Waals surface area contributed by atoms with Gasteiger partial charge in [-0.15, -0.1) is 0 Å². The van der Waals surface area contributed by atoms with Gasteiger partial charge >= 0.3 is 6.11 Å². The second-order valence-electron chi connectivity index (χ2n) is 13.7. The Morgan fingerprint density at radius 3 is 1.93 bits per heavy atom. The summed E-state index contributed by atoms with van der Waals surface area (Å²) < 4.78 is 98.4. The molecule has 0 aliphatic heterocycles. The van der Waals surface area contributed by atoms with Crippen molar-refractivity contribution in [3.05, 3.63) is 35.9 Å². The maximum atomic E-state index is 15.0. The smallest absolute Gasteiger partial charge is 0.400 e. The van der Waals surface area contributed by atoms with E-state index in [1.807, 2.05) is 13.0 Å². The number of halogens is 6. The molecule has 0 bridgehead atoms. The zero-order valence-corrected chi connectivity index (χ0v) is 26.9. The van der Waals surface area contributed by atoms with E-state index >= 15 is 8.78 Å². The quantitative estimate of drug-likeness (QED) is 0.129. The van der Waals surface area contributed by atoms with Crippen LogP contribution in [0.2, 0.25) is 0 Å². The average molecular weight is 641 g/mol. The molecule has 0 unspecified atom stereocenters. The molecule has 0 N–H and O–H groups in total. The molecular formula is C37H50F6O2. The number of unbranched alkanes of at least 4 members (excludes halogenated alkanes) is 1. The van der Waals surface area contributed by atoms with E-state index in [2.05, 4.69) is 24.8 Å². The van der Waals surface area contributed by atoms with Gasteiger partial charge in [-0.1, -0.05) is 50.2 Å². The summed E-state index contributed by atoms with van der Waals surface area (Å²) in [4.78, 5) is 0. The third kappa shape index (κ3) is 10.6. The van der Waals surface area contributed by atoms with Crippen LogP contribution in [0.3, 0.4) is 0 Å². The van der Waals surface area contributed by atoms with Gasteiger partial charge in [0.1, 0.15) is 0 Å². The van der Waals surface area contributed by atoms with Gasteiger partial charge in [-0.3, -0.25) is 0 Å². The maximum absolute atomic E-state index is 15.0. The minimum absolute atomic E-state index is 0.0480. The second kappa shape index (κ2) is 16.5. The zero-order chi connectivity index (χ0) is 32.5. The van der Waals surface area contributed by atoms with Gasteiger partial charge in [0, 0.05) is 18.3 Å². The first kappa shape index (κ1) is 35.6. The summed E-state index contributed by atoms with van der Waals surface area (Å²) in [7, 11) is 0. The van der Waals surface area contributed by atoms with Crippen LogP contribution < -0.4 is 9.47 Å². The highest BCUT2D eigenvalue weighted by Crippen LogP contribution is 2.42. The fourth-order valence-electron chi connectivity index (χ4n) is 7.35. The summed E-state index contributed by atoms with van der Waals surface area (Å²) in [6, 6.07) is 1.68. The molecule has 0 atom stereocenters. The van der Waals surface area contributed by atoms with Crippen LogP contribution in [0, 0.1) is 59.0 Å². The van der Waals surface area contributed by atoms with E-state index in [1.54, 1.807) is 0 Å². The Morgan fingerprint density at radius 2 is 1.33 bits per heavy atom. The van der Waals surface area contributed by atoms with Crippen molar-refractivity contribution in [2.24, 2.45) is 35.5 Å². The molecule has 252 valence electrons. The van der Waals surface area contributed by atoms with Crippen LogP contribution in [0.5, 0.6) is 11.5 Å². The van der Waals surface area contributed by atoms with Crippen LogP contribution >= 0.6 is 0 Å². The van der Waals surface area contributed by atoms with E-state index in [4.69, 9.17) is 9.47 Å². The van der Waals surface area contributed by atoms with Gasteiger partial charge in [0.2, 0.25) is 11.6 Å². The van der Waals surface area contributed by atoms with Crippen molar-refractivity contribution in [3.63, 3.8) is 0 Å². The molecule has 3 saturated carbocycles. The number of ether oxygens (including phenoxy) is 2. The third-order valence-corrected chi connectivity index (χ3v) is 10.1. The van der Waals surface area contributed by atoms with Gasteiger partial charge in [-0.2, -0.15) is 17.6 Å². The van der Waals surface area contributed by atoms with Crippen LogP contribution in [-0.4, -0.2) is 18.6 Å². The van der Waals surface area contributed by atoms with E-state index in [0.717, 1.165) is 43.7 Å². The van der Waals surface area contributed by atoms with Gasteiger partial charge in [-0.25, -0.2) is 8.78 Å². The Kier molecular flexibility index (Phi) is 13.0. The Labute approximate surface area is 265 Å². The standard InChI is InChI=1S/C37H50F6O2/c1-3-5-7-27-8-10-28(11-9-27)12-13-29-18-20-31(21-19-29)37(42,43)45-33-23-22-32(34(38)35(33)39)44-25-36(40,41)24-30-16-14-26(6-4-2)15-17-30/h4,6,22-23,26-31H,3,5,7-11,14-21,24-25H2,1-2H3/b6-4+. The molecule has 1 aromatic carbocycles. The maximum Gasteiger partial charge on any atom is 0.400 e. The van der Waals surface area contributed by atoms with Gasteiger partial charge in [0.05, 0.1) is 5.92 Å². The molecule has 0 heterocycles. The molecule has 0 spiro atoms. The molecule has 0 amide bonds. The molecule has 2 nitrogen and oxygen atoms in total. The lowest BCUT2D eigenvalue weighted by Crippen LogP contribution is -2.37. The lowest BCUT2D eigenvalue weighted by molar-refractivity contribution is -0.224. The largest absolute Gasteiger partial charge is 0.484 e. The minimum Gasteiger partial charge on any atom is -0.484 e. The lowest BCUT2D eigenvalue weighted by atomic mass is 9.79. The molecule has 0 radical (unpaired) electrons. The Balaban J connectivity index is 1.23. The first-order valence-electron chi connectivity index (χ1n) is 17.2. The number of allylic oxidation sites excluding steroid dienone is 2. The van der Waals surface area contributed by atoms with Crippen molar-refractivity contribution >= 4 is 0 Å². The number of hydrogen-bond acceptors (Lipinski definition) is 2. The highest BCUT2D eigenvalue weighted by molar-refractivity contribution is 5.35. The van der Waals surface area contributed by atoms with Crippen LogP contribution in [0.15, 0.2) is 24.3 Å². The predicted molar refractivity (Wildman–Crippen MR) is 165 cm³/mol. The summed E-state index contributed by atoms with van der Waals surface area (Å²) in [5.74, 6) is -1.21. The first-order chi connectivity index (χ1) is 21.5. The summed E-state index contributed by atoms with van der Waals surface area (Å²) in [6.45, 7) is 3.03. The molecule has 3 fully saturated rings. The highest BCUT2D eigenvalue weighted by atomic mass is 19.3. The molecule has 0 saturated heterocycles. The Hall–Kier alpha value is -2.30. The molecule has 4 rings (SSSR count). The average Bonchev–Trinajstić information content (AvgIpc) is 3.02. The molecule has 45 heavy (non-hydrogen) atoms. The fraction of sp³-hybridized carbons (Fsp3) is 0.730. The molecule has 3 aliphatic rings. The van der Waals surface area contributed by atoms with E-state index in [1.165, 1.54) is 32.1 Å². The summed E-state index contributed by atoms with van der Waals surface area (Å²) in [6.07, 6.45) is 12.7. The summed E-state index contributed by atoms with van der Waals surface area (Å²) in [5.41, 5.74) is 0. The topological polar surface area (TPSA) is 18.5 Å². The molecular weight excluding hydrogens is 590 g/mol. The van der Waals surface area contributed by atoms with E-state index < -0.39 is 54.1 Å². The number of benzene rings is 1. The molecule has 0 aromatic heterocycles. The monoisotopic (exact) mass is 640 g/mol. The summed E-state index contributed by atoms with van der Waals surface area (Å²) >= 11 is 0. The minimum atomic E-state index is -3.72. The van der Waals surface area contributed by atoms with Crippen molar-refractivity contribution in [3.8, 4) is 23.3 Å². The first-order valence-corrected chi connectivity index (χ1v) is 17.2. The highest BCUT2D eigenvalue weighted by Gasteiger charge is 2.45. The predicted octanol–water partition coefficient (Wildman–Crippen LogP) is 11.5. The van der Waals surface area contributed by atoms with Gasteiger partial charge in [-0.05, 0) is 114 Å². The number of rotatable bonds is 12. The normalized spacial score (nSPS) is 28.0. The lowest BCUT2D eigenvalue weighted by Gasteiger charge is -2.32. The Bertz CT molecular complexity index is 1150. The summed E-state index contributed by atoms with van der Waals surface area (Å²) in [5, 5.41) is 0. The van der Waals surface area contributed by atoms with Crippen LogP contribution in [-0.2, 0) is 0 Å². The molecule has 8 heteroatoms. The molecule has 1 aromatic rings. The van der Waals surface area contributed by atoms with Crippen LogP contribution in [0.1, 0.15) is 117 Å². The molecule has 3 aliphatic carbocycles. The number of hydrogen-bond donors (Lipinski definition) is 0. The van der Waals surface area contributed by atoms with E-state index in [9.17, 15) is 17.6 Å². The number of alkyl halides is 4. The van der Waals surface area contributed by atoms with Crippen molar-refractivity contribution < 1.29 is 35.8 Å². The fourth-order valence-corrected chi connectivity index (χ4v) is 7.35. The van der Waals surface area contributed by atoms with Gasteiger partial charge in [0.25, 0.3) is 5.92 Å². The van der Waals surface area contributed by atoms with E-state index in [0.29, 0.717) is 37.5 Å².